The topological polar surface area (TPSA) is 102 Å². The Morgan fingerprint density at radius 2 is 1.76 bits per heavy atom. The zero-order chi connectivity index (χ0) is 27.1. The van der Waals surface area contributed by atoms with Crippen molar-refractivity contribution in [2.45, 2.75) is 6.92 Å². The molecule has 0 aliphatic carbocycles. The fourth-order valence-corrected chi connectivity index (χ4v) is 4.58. The van der Waals surface area contributed by atoms with E-state index in [0.29, 0.717) is 39.9 Å². The summed E-state index contributed by atoms with van der Waals surface area (Å²) in [4.78, 5) is 51.2. The maximum Gasteiger partial charge on any atom is 0.293 e. The summed E-state index contributed by atoms with van der Waals surface area (Å²) < 4.78 is 11.3. The second-order valence-corrected chi connectivity index (χ2v) is 9.47. The van der Waals surface area contributed by atoms with E-state index in [1.54, 1.807) is 85.8 Å². The SMILES string of the molecule is CCOc1cc(/C=C2/SC(=O)N(CC(=O)c3ccccc3)C2=O)ccc1OCC(=O)Nc1cccc(Cl)c1. The number of anilines is 1. The summed E-state index contributed by atoms with van der Waals surface area (Å²) in [6, 6.07) is 20.2. The first-order chi connectivity index (χ1) is 18.3. The number of Topliss-reactive ketones (excluding diaryl/α,β-unsaturated/α-hetero) is 1. The van der Waals surface area contributed by atoms with Gasteiger partial charge >= 0.3 is 0 Å². The fourth-order valence-electron chi connectivity index (χ4n) is 3.56. The molecule has 0 radical (unpaired) electrons. The quantitative estimate of drug-likeness (QED) is 0.256. The van der Waals surface area contributed by atoms with Gasteiger partial charge < -0.3 is 14.8 Å². The molecular formula is C28H23ClN2O6S. The number of carbonyl (C=O) groups is 4. The number of carbonyl (C=O) groups excluding carboxylic acids is 4. The Morgan fingerprint density at radius 3 is 2.50 bits per heavy atom. The molecule has 1 aliphatic rings. The normalized spacial score (nSPS) is 14.1. The van der Waals surface area contributed by atoms with Crippen molar-refractivity contribution >= 4 is 58.0 Å². The largest absolute Gasteiger partial charge is 0.490 e. The van der Waals surface area contributed by atoms with Crippen LogP contribution in [0.5, 0.6) is 11.5 Å². The number of halogens is 1. The number of rotatable bonds is 10. The van der Waals surface area contributed by atoms with Gasteiger partial charge in [-0.25, -0.2) is 0 Å². The van der Waals surface area contributed by atoms with Crippen LogP contribution in [0.2, 0.25) is 5.02 Å². The minimum atomic E-state index is -0.541. The molecule has 3 aromatic rings. The third-order valence-electron chi connectivity index (χ3n) is 5.30. The molecule has 0 unspecified atom stereocenters. The Balaban J connectivity index is 1.43. The van der Waals surface area contributed by atoms with Crippen LogP contribution < -0.4 is 14.8 Å². The predicted octanol–water partition coefficient (Wildman–Crippen LogP) is 5.68. The Hall–Kier alpha value is -4.08. The number of imide groups is 1. The number of nitrogens with one attached hydrogen (secondary N) is 1. The summed E-state index contributed by atoms with van der Waals surface area (Å²) in [5.74, 6) is -0.534. The lowest BCUT2D eigenvalue weighted by molar-refractivity contribution is -0.122. The summed E-state index contributed by atoms with van der Waals surface area (Å²) in [6.07, 6.45) is 1.55. The molecule has 1 heterocycles. The molecule has 194 valence electrons. The standard InChI is InChI=1S/C28H23ClN2O6S/c1-2-36-24-13-18(11-12-23(24)37-17-26(33)30-21-10-6-9-20(29)15-21)14-25-27(34)31(28(35)38-25)16-22(32)19-7-4-3-5-8-19/h3-15H,2,16-17H2,1H3,(H,30,33)/b25-14+. The highest BCUT2D eigenvalue weighted by atomic mass is 35.5. The van der Waals surface area contributed by atoms with Gasteiger partial charge in [0.15, 0.2) is 23.9 Å². The number of ketones is 1. The van der Waals surface area contributed by atoms with Crippen LogP contribution in [0, 0.1) is 0 Å². The molecule has 1 saturated heterocycles. The highest BCUT2D eigenvalue weighted by Crippen LogP contribution is 2.35. The summed E-state index contributed by atoms with van der Waals surface area (Å²) in [7, 11) is 0. The average molecular weight is 551 g/mol. The first-order valence-electron chi connectivity index (χ1n) is 11.6. The van der Waals surface area contributed by atoms with Gasteiger partial charge in [0, 0.05) is 16.3 Å². The lowest BCUT2D eigenvalue weighted by Crippen LogP contribution is -2.33. The maximum atomic E-state index is 12.9. The van der Waals surface area contributed by atoms with Crippen molar-refractivity contribution in [3.05, 3.63) is 93.9 Å². The highest BCUT2D eigenvalue weighted by Gasteiger charge is 2.36. The summed E-state index contributed by atoms with van der Waals surface area (Å²) in [5, 5.41) is 2.69. The van der Waals surface area contributed by atoms with E-state index in [4.69, 9.17) is 21.1 Å². The molecule has 0 spiro atoms. The maximum absolute atomic E-state index is 12.9. The molecule has 4 rings (SSSR count). The summed E-state index contributed by atoms with van der Waals surface area (Å²) >= 11 is 6.71. The van der Waals surface area contributed by atoms with Gasteiger partial charge in [0.2, 0.25) is 0 Å². The molecule has 10 heteroatoms. The number of hydrogen-bond donors (Lipinski definition) is 1. The predicted molar refractivity (Wildman–Crippen MR) is 147 cm³/mol. The highest BCUT2D eigenvalue weighted by molar-refractivity contribution is 8.18. The van der Waals surface area contributed by atoms with E-state index in [1.165, 1.54) is 0 Å². The number of nitrogens with zero attached hydrogens (tertiary/aromatic N) is 1. The molecule has 3 aromatic carbocycles. The monoisotopic (exact) mass is 550 g/mol. The molecule has 0 bridgehead atoms. The van der Waals surface area contributed by atoms with E-state index in [0.717, 1.165) is 16.7 Å². The number of benzene rings is 3. The van der Waals surface area contributed by atoms with Crippen LogP contribution in [0.15, 0.2) is 77.7 Å². The van der Waals surface area contributed by atoms with Crippen molar-refractivity contribution < 1.29 is 28.7 Å². The van der Waals surface area contributed by atoms with Crippen molar-refractivity contribution in [1.29, 1.82) is 0 Å². The summed E-state index contributed by atoms with van der Waals surface area (Å²) in [6.45, 7) is 1.55. The molecule has 0 saturated carbocycles. The van der Waals surface area contributed by atoms with Gasteiger partial charge in [0.05, 0.1) is 18.1 Å². The third-order valence-corrected chi connectivity index (χ3v) is 6.45. The lowest BCUT2D eigenvalue weighted by atomic mass is 10.1. The van der Waals surface area contributed by atoms with E-state index >= 15 is 0 Å². The van der Waals surface area contributed by atoms with Crippen LogP contribution >= 0.6 is 23.4 Å². The van der Waals surface area contributed by atoms with Crippen molar-refractivity contribution in [2.75, 3.05) is 25.1 Å². The van der Waals surface area contributed by atoms with Gasteiger partial charge in [-0.05, 0) is 60.7 Å². The van der Waals surface area contributed by atoms with Crippen LogP contribution in [0.4, 0.5) is 10.5 Å². The van der Waals surface area contributed by atoms with E-state index in [-0.39, 0.29) is 29.7 Å². The van der Waals surface area contributed by atoms with Crippen LogP contribution in [0.25, 0.3) is 6.08 Å². The van der Waals surface area contributed by atoms with Crippen molar-refractivity contribution in [3.63, 3.8) is 0 Å². The third kappa shape index (κ3) is 6.81. The van der Waals surface area contributed by atoms with Gasteiger partial charge in [-0.15, -0.1) is 0 Å². The second-order valence-electron chi connectivity index (χ2n) is 8.04. The average Bonchev–Trinajstić information content (AvgIpc) is 3.16. The number of ether oxygens (including phenoxy) is 2. The molecule has 0 aromatic heterocycles. The molecule has 1 fully saturated rings. The fraction of sp³-hybridized carbons (Fsp3) is 0.143. The van der Waals surface area contributed by atoms with Crippen LogP contribution in [-0.4, -0.2) is 47.5 Å². The van der Waals surface area contributed by atoms with Crippen LogP contribution in [0.1, 0.15) is 22.8 Å². The number of amides is 3. The molecule has 8 nitrogen and oxygen atoms in total. The molecule has 0 atom stereocenters. The Labute approximate surface area is 228 Å². The van der Waals surface area contributed by atoms with E-state index in [1.807, 2.05) is 0 Å². The zero-order valence-corrected chi connectivity index (χ0v) is 21.9. The van der Waals surface area contributed by atoms with Gasteiger partial charge in [-0.2, -0.15) is 0 Å². The van der Waals surface area contributed by atoms with Crippen molar-refractivity contribution in [1.82, 2.24) is 4.90 Å². The van der Waals surface area contributed by atoms with Crippen LogP contribution in [-0.2, 0) is 9.59 Å². The smallest absolute Gasteiger partial charge is 0.293 e. The van der Waals surface area contributed by atoms with E-state index < -0.39 is 11.1 Å². The molecular weight excluding hydrogens is 528 g/mol. The zero-order valence-electron chi connectivity index (χ0n) is 20.3. The molecule has 3 amide bonds. The van der Waals surface area contributed by atoms with E-state index in [2.05, 4.69) is 5.32 Å². The number of thioether (sulfide) groups is 1. The lowest BCUT2D eigenvalue weighted by Gasteiger charge is -2.13. The van der Waals surface area contributed by atoms with Gasteiger partial charge in [-0.3, -0.25) is 24.1 Å². The first-order valence-corrected chi connectivity index (χ1v) is 12.8. The minimum absolute atomic E-state index is 0.188. The molecule has 1 N–H and O–H groups in total. The van der Waals surface area contributed by atoms with Gasteiger partial charge in [-0.1, -0.05) is 54.1 Å². The second kappa shape index (κ2) is 12.4. The van der Waals surface area contributed by atoms with E-state index in [9.17, 15) is 19.2 Å². The van der Waals surface area contributed by atoms with Gasteiger partial charge in [0.1, 0.15) is 0 Å². The molecule has 38 heavy (non-hydrogen) atoms. The van der Waals surface area contributed by atoms with Gasteiger partial charge in [0.25, 0.3) is 17.1 Å². The Kier molecular flexibility index (Phi) is 8.83. The van der Waals surface area contributed by atoms with Crippen LogP contribution in [0.3, 0.4) is 0 Å². The number of hydrogen-bond acceptors (Lipinski definition) is 7. The minimum Gasteiger partial charge on any atom is -0.490 e. The Bertz CT molecular complexity index is 1410. The van der Waals surface area contributed by atoms with Crippen molar-refractivity contribution in [2.24, 2.45) is 0 Å². The Morgan fingerprint density at radius 1 is 0.974 bits per heavy atom. The first kappa shape index (κ1) is 27.0. The van der Waals surface area contributed by atoms with Crippen molar-refractivity contribution in [3.8, 4) is 11.5 Å². The molecule has 1 aliphatic heterocycles. The summed E-state index contributed by atoms with van der Waals surface area (Å²) in [5.41, 5.74) is 1.56.